The van der Waals surface area contributed by atoms with E-state index in [0.717, 1.165) is 37.8 Å². The molecule has 2 aliphatic heterocycles. The van der Waals surface area contributed by atoms with E-state index in [4.69, 9.17) is 9.47 Å². The Morgan fingerprint density at radius 1 is 0.938 bits per heavy atom. The lowest BCUT2D eigenvalue weighted by Crippen LogP contribution is -2.37. The molecule has 0 saturated heterocycles. The number of methoxy groups -OCH3 is 2. The van der Waals surface area contributed by atoms with Gasteiger partial charge in [0, 0.05) is 18.8 Å². The number of benzene rings is 2. The summed E-state index contributed by atoms with van der Waals surface area (Å²) in [7, 11) is 3.14. The van der Waals surface area contributed by atoms with E-state index >= 15 is 0 Å². The number of rotatable bonds is 8. The summed E-state index contributed by atoms with van der Waals surface area (Å²) in [6.07, 6.45) is 4.70. The van der Waals surface area contributed by atoms with Crippen molar-refractivity contribution in [3.63, 3.8) is 0 Å². The molecule has 0 bridgehead atoms. The number of nitrogens with zero attached hydrogens (tertiary/aromatic N) is 2. The molecule has 0 atom stereocenters. The first kappa shape index (κ1) is 21.9. The molecular formula is C26H30N2O4. The topological polar surface area (TPSA) is 59.1 Å². The molecule has 0 unspecified atom stereocenters. The Morgan fingerprint density at radius 3 is 2.47 bits per heavy atom. The van der Waals surface area contributed by atoms with Crippen LogP contribution in [0, 0.1) is 0 Å². The summed E-state index contributed by atoms with van der Waals surface area (Å²) in [6.45, 7) is 3.24. The zero-order valence-corrected chi connectivity index (χ0v) is 19.0. The standard InChI is InChI=1S/C26H30N2O4/c1-4-5-8-15-28-25(29)23(19-13-14-21(31-2)22(17-19)32-3)24(26(28)30)27-16-9-11-18-10-6-7-12-20(18)27/h6-7,10,12-14,17H,4-5,8-9,11,15-16H2,1-3H3. The Balaban J connectivity index is 1.84. The Hall–Kier alpha value is -3.28. The van der Waals surface area contributed by atoms with Crippen LogP contribution in [0.25, 0.3) is 5.57 Å². The molecule has 0 spiro atoms. The summed E-state index contributed by atoms with van der Waals surface area (Å²) in [5, 5.41) is 0. The number of fused-ring (bicyclic) bond motifs is 1. The fraction of sp³-hybridized carbons (Fsp3) is 0.385. The number of anilines is 1. The van der Waals surface area contributed by atoms with Crippen molar-refractivity contribution >= 4 is 23.1 Å². The number of unbranched alkanes of at least 4 members (excludes halogenated alkanes) is 2. The lowest BCUT2D eigenvalue weighted by atomic mass is 9.98. The predicted octanol–water partition coefficient (Wildman–Crippen LogP) is 4.43. The van der Waals surface area contributed by atoms with Gasteiger partial charge in [-0.3, -0.25) is 14.5 Å². The summed E-state index contributed by atoms with van der Waals surface area (Å²) in [6, 6.07) is 13.5. The summed E-state index contributed by atoms with van der Waals surface area (Å²) >= 11 is 0. The van der Waals surface area contributed by atoms with Gasteiger partial charge in [-0.05, 0) is 48.6 Å². The molecule has 2 aliphatic rings. The highest BCUT2D eigenvalue weighted by Gasteiger charge is 2.42. The van der Waals surface area contributed by atoms with Crippen molar-refractivity contribution < 1.29 is 19.1 Å². The second kappa shape index (κ2) is 9.47. The fourth-order valence-electron chi connectivity index (χ4n) is 4.55. The molecule has 0 aliphatic carbocycles. The van der Waals surface area contributed by atoms with Gasteiger partial charge >= 0.3 is 0 Å². The second-order valence-corrected chi connectivity index (χ2v) is 8.15. The first-order valence-electron chi connectivity index (χ1n) is 11.3. The van der Waals surface area contributed by atoms with Crippen molar-refractivity contribution in [3.05, 3.63) is 59.3 Å². The number of hydrogen-bond acceptors (Lipinski definition) is 5. The van der Waals surface area contributed by atoms with E-state index in [1.54, 1.807) is 26.4 Å². The molecule has 2 heterocycles. The van der Waals surface area contributed by atoms with Gasteiger partial charge in [-0.15, -0.1) is 0 Å². The summed E-state index contributed by atoms with van der Waals surface area (Å²) < 4.78 is 10.8. The van der Waals surface area contributed by atoms with Crippen molar-refractivity contribution in [1.82, 2.24) is 4.90 Å². The Kier molecular flexibility index (Phi) is 6.49. The first-order chi connectivity index (χ1) is 15.6. The SMILES string of the molecule is CCCCCN1C(=O)C(c2ccc(OC)c(OC)c2)=C(N2CCCc3ccccc32)C1=O. The lowest BCUT2D eigenvalue weighted by Gasteiger charge is -2.32. The van der Waals surface area contributed by atoms with Gasteiger partial charge in [-0.2, -0.15) is 0 Å². The van der Waals surface area contributed by atoms with Crippen LogP contribution in [0.5, 0.6) is 11.5 Å². The molecule has 0 radical (unpaired) electrons. The van der Waals surface area contributed by atoms with Crippen LogP contribution in [0.2, 0.25) is 0 Å². The lowest BCUT2D eigenvalue weighted by molar-refractivity contribution is -0.137. The van der Waals surface area contributed by atoms with Crippen LogP contribution >= 0.6 is 0 Å². The average Bonchev–Trinajstić information content (AvgIpc) is 3.08. The molecule has 4 rings (SSSR count). The van der Waals surface area contributed by atoms with Gasteiger partial charge in [0.25, 0.3) is 11.8 Å². The Morgan fingerprint density at radius 2 is 1.72 bits per heavy atom. The number of carbonyl (C=O) groups is 2. The zero-order valence-electron chi connectivity index (χ0n) is 19.0. The third kappa shape index (κ3) is 3.85. The van der Waals surface area contributed by atoms with Gasteiger partial charge in [0.2, 0.25) is 0 Å². The Bertz CT molecular complexity index is 1060. The number of imide groups is 1. The first-order valence-corrected chi connectivity index (χ1v) is 11.3. The normalized spacial score (nSPS) is 16.0. The molecule has 32 heavy (non-hydrogen) atoms. The van der Waals surface area contributed by atoms with E-state index in [1.165, 1.54) is 10.5 Å². The highest BCUT2D eigenvalue weighted by Crippen LogP contribution is 2.40. The number of carbonyl (C=O) groups excluding carboxylic acids is 2. The fourth-order valence-corrected chi connectivity index (χ4v) is 4.55. The maximum Gasteiger partial charge on any atom is 0.278 e. The van der Waals surface area contributed by atoms with Gasteiger partial charge in [-0.1, -0.05) is 44.0 Å². The predicted molar refractivity (Wildman–Crippen MR) is 125 cm³/mol. The molecular weight excluding hydrogens is 404 g/mol. The average molecular weight is 435 g/mol. The van der Waals surface area contributed by atoms with Gasteiger partial charge < -0.3 is 14.4 Å². The van der Waals surface area contributed by atoms with Crippen molar-refractivity contribution in [1.29, 1.82) is 0 Å². The van der Waals surface area contributed by atoms with Crippen LogP contribution < -0.4 is 14.4 Å². The second-order valence-electron chi connectivity index (χ2n) is 8.15. The van der Waals surface area contributed by atoms with E-state index < -0.39 is 0 Å². The van der Waals surface area contributed by atoms with Crippen molar-refractivity contribution in [3.8, 4) is 11.5 Å². The maximum absolute atomic E-state index is 13.6. The number of ether oxygens (including phenoxy) is 2. The van der Waals surface area contributed by atoms with Crippen LogP contribution in [0.3, 0.4) is 0 Å². The molecule has 6 heteroatoms. The molecule has 2 amide bonds. The van der Waals surface area contributed by atoms with Crippen LogP contribution in [0.4, 0.5) is 5.69 Å². The largest absolute Gasteiger partial charge is 0.493 e. The quantitative estimate of drug-likeness (QED) is 0.455. The van der Waals surface area contributed by atoms with Crippen molar-refractivity contribution in [2.24, 2.45) is 0 Å². The van der Waals surface area contributed by atoms with Crippen LogP contribution in [-0.4, -0.2) is 44.0 Å². The van der Waals surface area contributed by atoms with Gasteiger partial charge in [-0.25, -0.2) is 0 Å². The van der Waals surface area contributed by atoms with Crippen molar-refractivity contribution in [2.45, 2.75) is 39.0 Å². The number of hydrogen-bond donors (Lipinski definition) is 0. The Labute approximate surface area is 189 Å². The smallest absolute Gasteiger partial charge is 0.278 e. The highest BCUT2D eigenvalue weighted by molar-refractivity contribution is 6.36. The number of para-hydroxylation sites is 1. The van der Waals surface area contributed by atoms with Crippen LogP contribution in [0.15, 0.2) is 48.2 Å². The maximum atomic E-state index is 13.6. The van der Waals surface area contributed by atoms with E-state index in [2.05, 4.69) is 13.0 Å². The van der Waals surface area contributed by atoms with Gasteiger partial charge in [0.15, 0.2) is 11.5 Å². The number of aryl methyl sites for hydroxylation is 1. The summed E-state index contributed by atoms with van der Waals surface area (Å²) in [5.74, 6) is 0.655. The van der Waals surface area contributed by atoms with E-state index in [9.17, 15) is 9.59 Å². The summed E-state index contributed by atoms with van der Waals surface area (Å²) in [5.41, 5.74) is 3.76. The third-order valence-electron chi connectivity index (χ3n) is 6.18. The van der Waals surface area contributed by atoms with E-state index in [0.29, 0.717) is 41.4 Å². The molecule has 0 saturated carbocycles. The van der Waals surface area contributed by atoms with Gasteiger partial charge in [0.05, 0.1) is 19.8 Å². The van der Waals surface area contributed by atoms with E-state index in [1.807, 2.05) is 29.2 Å². The monoisotopic (exact) mass is 434 g/mol. The number of amides is 2. The van der Waals surface area contributed by atoms with Crippen molar-refractivity contribution in [2.75, 3.05) is 32.2 Å². The van der Waals surface area contributed by atoms with Crippen LogP contribution in [-0.2, 0) is 16.0 Å². The van der Waals surface area contributed by atoms with Crippen LogP contribution in [0.1, 0.15) is 43.7 Å². The third-order valence-corrected chi connectivity index (χ3v) is 6.18. The van der Waals surface area contributed by atoms with E-state index in [-0.39, 0.29) is 11.8 Å². The summed E-state index contributed by atoms with van der Waals surface area (Å²) in [4.78, 5) is 30.7. The molecule has 0 fully saturated rings. The zero-order chi connectivity index (χ0) is 22.7. The molecule has 0 aromatic heterocycles. The highest BCUT2D eigenvalue weighted by atomic mass is 16.5. The molecule has 168 valence electrons. The molecule has 6 nitrogen and oxygen atoms in total. The molecule has 2 aromatic carbocycles. The minimum atomic E-state index is -0.239. The van der Waals surface area contributed by atoms with Gasteiger partial charge in [0.1, 0.15) is 5.70 Å². The minimum absolute atomic E-state index is 0.215. The minimum Gasteiger partial charge on any atom is -0.493 e. The molecule has 0 N–H and O–H groups in total. The molecule has 2 aromatic rings.